The Morgan fingerprint density at radius 2 is 1.88 bits per heavy atom. The molecule has 0 bridgehead atoms. The van der Waals surface area contributed by atoms with Crippen LogP contribution in [0.4, 0.5) is 0 Å². The van der Waals surface area contributed by atoms with Crippen molar-refractivity contribution >= 4 is 5.91 Å². The van der Waals surface area contributed by atoms with Crippen molar-refractivity contribution in [1.82, 2.24) is 35.3 Å². The van der Waals surface area contributed by atoms with Crippen LogP contribution < -0.4 is 10.1 Å². The molecule has 0 spiro atoms. The Bertz CT molecular complexity index is 912. The highest BCUT2D eigenvalue weighted by Gasteiger charge is 2.12. The summed E-state index contributed by atoms with van der Waals surface area (Å²) in [6.07, 6.45) is 0. The van der Waals surface area contributed by atoms with Crippen LogP contribution in [0.3, 0.4) is 0 Å². The van der Waals surface area contributed by atoms with Crippen molar-refractivity contribution in [1.29, 1.82) is 0 Å². The maximum atomic E-state index is 12.3. The van der Waals surface area contributed by atoms with Crippen LogP contribution in [-0.2, 0) is 27.2 Å². The van der Waals surface area contributed by atoms with E-state index in [2.05, 4.69) is 25.9 Å². The zero-order valence-electron chi connectivity index (χ0n) is 15.2. The smallest absolute Gasteiger partial charge is 0.251 e. The number of hydrogen-bond donors (Lipinski definition) is 1. The molecule has 1 N–H and O–H groups in total. The Balaban J connectivity index is 1.57. The van der Waals surface area contributed by atoms with Gasteiger partial charge in [-0.25, -0.2) is 4.68 Å². The molecular formula is C17H21N7O2. The van der Waals surface area contributed by atoms with Crippen LogP contribution in [-0.4, -0.2) is 35.9 Å². The Labute approximate surface area is 151 Å². The van der Waals surface area contributed by atoms with E-state index >= 15 is 0 Å². The predicted molar refractivity (Wildman–Crippen MR) is 93.4 cm³/mol. The average molecular weight is 355 g/mol. The summed E-state index contributed by atoms with van der Waals surface area (Å²) in [5.41, 5.74) is 3.58. The molecule has 26 heavy (non-hydrogen) atoms. The number of nitrogens with one attached hydrogen (secondary N) is 1. The molecule has 0 aliphatic rings. The van der Waals surface area contributed by atoms with Gasteiger partial charge >= 0.3 is 0 Å². The number of ether oxygens (including phenoxy) is 1. The zero-order valence-corrected chi connectivity index (χ0v) is 15.2. The van der Waals surface area contributed by atoms with Gasteiger partial charge in [-0.1, -0.05) is 0 Å². The summed E-state index contributed by atoms with van der Waals surface area (Å²) in [6.45, 7) is 4.63. The van der Waals surface area contributed by atoms with Gasteiger partial charge in [0, 0.05) is 37.5 Å². The highest BCUT2D eigenvalue weighted by Crippen LogP contribution is 2.15. The first-order chi connectivity index (χ1) is 12.5. The second-order valence-corrected chi connectivity index (χ2v) is 5.99. The number of carbonyl (C=O) groups excluding carboxylic acids is 1. The molecule has 0 aliphatic carbocycles. The molecular weight excluding hydrogens is 334 g/mol. The number of nitrogens with zero attached hydrogens (tertiary/aromatic N) is 6. The molecule has 0 saturated heterocycles. The molecule has 0 fully saturated rings. The lowest BCUT2D eigenvalue weighted by molar-refractivity contribution is 0.0951. The third-order valence-corrected chi connectivity index (χ3v) is 4.28. The fraction of sp³-hybridized carbons (Fsp3) is 0.353. The summed E-state index contributed by atoms with van der Waals surface area (Å²) >= 11 is 0. The molecule has 9 nitrogen and oxygen atoms in total. The van der Waals surface area contributed by atoms with Crippen LogP contribution in [0.25, 0.3) is 0 Å². The first-order valence-corrected chi connectivity index (χ1v) is 8.17. The van der Waals surface area contributed by atoms with Crippen molar-refractivity contribution in [3.8, 4) is 5.75 Å². The molecule has 0 unspecified atom stereocenters. The van der Waals surface area contributed by atoms with Gasteiger partial charge in [-0.05, 0) is 48.5 Å². The average Bonchev–Trinajstić information content (AvgIpc) is 3.14. The minimum absolute atomic E-state index is 0.142. The number of benzene rings is 1. The van der Waals surface area contributed by atoms with Gasteiger partial charge in [0.2, 0.25) is 0 Å². The Hall–Kier alpha value is -3.23. The van der Waals surface area contributed by atoms with Gasteiger partial charge in [-0.15, -0.1) is 5.10 Å². The zero-order chi connectivity index (χ0) is 18.7. The lowest BCUT2D eigenvalue weighted by Crippen LogP contribution is -2.23. The van der Waals surface area contributed by atoms with Gasteiger partial charge in [0.05, 0.1) is 5.69 Å². The number of hydrogen-bond acceptors (Lipinski definition) is 6. The van der Waals surface area contributed by atoms with E-state index in [-0.39, 0.29) is 12.5 Å². The van der Waals surface area contributed by atoms with E-state index in [9.17, 15) is 4.79 Å². The quantitative estimate of drug-likeness (QED) is 0.710. The summed E-state index contributed by atoms with van der Waals surface area (Å²) < 4.78 is 8.98. The normalized spacial score (nSPS) is 10.8. The fourth-order valence-corrected chi connectivity index (χ4v) is 2.56. The Morgan fingerprint density at radius 1 is 1.15 bits per heavy atom. The second-order valence-electron chi connectivity index (χ2n) is 5.99. The van der Waals surface area contributed by atoms with E-state index in [0.717, 1.165) is 17.0 Å². The maximum absolute atomic E-state index is 12.3. The molecule has 0 saturated carbocycles. The van der Waals surface area contributed by atoms with Gasteiger partial charge in [0.1, 0.15) is 12.4 Å². The second kappa shape index (κ2) is 7.34. The van der Waals surface area contributed by atoms with Crippen molar-refractivity contribution < 1.29 is 9.53 Å². The van der Waals surface area contributed by atoms with E-state index in [0.29, 0.717) is 23.7 Å². The van der Waals surface area contributed by atoms with Gasteiger partial charge < -0.3 is 10.1 Å². The van der Waals surface area contributed by atoms with E-state index in [4.69, 9.17) is 4.74 Å². The number of aromatic nitrogens is 6. The largest absolute Gasteiger partial charge is 0.486 e. The van der Waals surface area contributed by atoms with Crippen molar-refractivity contribution in [2.24, 2.45) is 14.1 Å². The van der Waals surface area contributed by atoms with Gasteiger partial charge in [0.15, 0.2) is 5.82 Å². The highest BCUT2D eigenvalue weighted by atomic mass is 16.5. The first-order valence-electron chi connectivity index (χ1n) is 8.17. The van der Waals surface area contributed by atoms with Crippen molar-refractivity contribution in [3.63, 3.8) is 0 Å². The number of amides is 1. The van der Waals surface area contributed by atoms with E-state index in [1.54, 1.807) is 36.0 Å². The molecule has 3 aromatic rings. The van der Waals surface area contributed by atoms with Crippen LogP contribution in [0, 0.1) is 13.8 Å². The van der Waals surface area contributed by atoms with Crippen molar-refractivity contribution in [3.05, 3.63) is 52.6 Å². The molecule has 0 aliphatic heterocycles. The third-order valence-electron chi connectivity index (χ3n) is 4.28. The summed E-state index contributed by atoms with van der Waals surface area (Å²) in [6, 6.07) is 6.95. The topological polar surface area (TPSA) is 99.8 Å². The van der Waals surface area contributed by atoms with Crippen molar-refractivity contribution in [2.75, 3.05) is 0 Å². The monoisotopic (exact) mass is 355 g/mol. The lowest BCUT2D eigenvalue weighted by Gasteiger charge is -2.08. The minimum atomic E-state index is -0.142. The summed E-state index contributed by atoms with van der Waals surface area (Å²) in [4.78, 5) is 12.3. The van der Waals surface area contributed by atoms with Crippen LogP contribution in [0.1, 0.15) is 33.1 Å². The van der Waals surface area contributed by atoms with Crippen molar-refractivity contribution in [2.45, 2.75) is 27.0 Å². The molecule has 3 rings (SSSR count). The molecule has 0 radical (unpaired) electrons. The SMILES string of the molecule is Cc1nn(C)c(C)c1CNC(=O)c1ccc(OCc2nnnn2C)cc1. The van der Waals surface area contributed by atoms with Crippen LogP contribution in [0.15, 0.2) is 24.3 Å². The Morgan fingerprint density at radius 3 is 2.46 bits per heavy atom. The molecule has 1 aromatic carbocycles. The highest BCUT2D eigenvalue weighted by molar-refractivity contribution is 5.94. The number of rotatable bonds is 6. The fourth-order valence-electron chi connectivity index (χ4n) is 2.56. The molecule has 1 amide bonds. The summed E-state index contributed by atoms with van der Waals surface area (Å²) in [7, 11) is 3.64. The number of aryl methyl sites for hydroxylation is 3. The number of carbonyl (C=O) groups is 1. The predicted octanol–water partition coefficient (Wildman–Crippen LogP) is 1.07. The molecule has 136 valence electrons. The summed E-state index contributed by atoms with van der Waals surface area (Å²) in [5, 5.41) is 18.4. The lowest BCUT2D eigenvalue weighted by atomic mass is 10.1. The third kappa shape index (κ3) is 3.71. The van der Waals surface area contributed by atoms with Crippen LogP contribution >= 0.6 is 0 Å². The molecule has 9 heteroatoms. The molecule has 0 atom stereocenters. The van der Waals surface area contributed by atoms with E-state index < -0.39 is 0 Å². The summed E-state index contributed by atoms with van der Waals surface area (Å²) in [5.74, 6) is 1.12. The maximum Gasteiger partial charge on any atom is 0.251 e. The van der Waals surface area contributed by atoms with E-state index in [1.165, 1.54) is 0 Å². The standard InChI is InChI=1S/C17H21N7O2/c1-11-15(12(2)23(3)20-11)9-18-17(25)13-5-7-14(8-6-13)26-10-16-19-21-22-24(16)4/h5-8H,9-10H2,1-4H3,(H,18,25). The molecule has 2 aromatic heterocycles. The number of tetrazole rings is 1. The van der Waals surface area contributed by atoms with Gasteiger partial charge in [-0.3, -0.25) is 9.48 Å². The van der Waals surface area contributed by atoms with Crippen LogP contribution in [0.5, 0.6) is 5.75 Å². The Kier molecular flexibility index (Phi) is 4.97. The van der Waals surface area contributed by atoms with Gasteiger partial charge in [0.25, 0.3) is 5.91 Å². The van der Waals surface area contributed by atoms with E-state index in [1.807, 2.05) is 25.6 Å². The molecule has 2 heterocycles. The first kappa shape index (κ1) is 17.6. The van der Waals surface area contributed by atoms with Gasteiger partial charge in [-0.2, -0.15) is 5.10 Å². The minimum Gasteiger partial charge on any atom is -0.486 e. The van der Waals surface area contributed by atoms with Crippen LogP contribution in [0.2, 0.25) is 0 Å².